The van der Waals surface area contributed by atoms with Gasteiger partial charge in [-0.1, -0.05) is 118 Å². The molecule has 44 heavy (non-hydrogen) atoms. The average Bonchev–Trinajstić information content (AvgIpc) is 3.07. The van der Waals surface area contributed by atoms with Crippen molar-refractivity contribution in [2.45, 2.75) is 45.1 Å². The average molecular weight is 571 g/mol. The second-order valence-corrected chi connectivity index (χ2v) is 13.5. The Morgan fingerprint density at radius 1 is 0.750 bits per heavy atom. The summed E-state index contributed by atoms with van der Waals surface area (Å²) in [4.78, 5) is 4.57. The van der Waals surface area contributed by atoms with Crippen LogP contribution in [-0.2, 0) is 5.41 Å². The van der Waals surface area contributed by atoms with E-state index in [4.69, 9.17) is 0 Å². The Hall–Kier alpha value is -4.53. The van der Waals surface area contributed by atoms with Gasteiger partial charge in [0.05, 0.1) is 5.69 Å². The summed E-state index contributed by atoms with van der Waals surface area (Å²) >= 11 is 0. The van der Waals surface area contributed by atoms with Gasteiger partial charge in [-0.25, -0.2) is 0 Å². The summed E-state index contributed by atoms with van der Waals surface area (Å²) in [5.41, 5.74) is 8.75. The summed E-state index contributed by atoms with van der Waals surface area (Å²) in [6.45, 7) is 7.98. The predicted octanol–water partition coefficient (Wildman–Crippen LogP) is 10.5. The van der Waals surface area contributed by atoms with Gasteiger partial charge >= 0.3 is 0 Å². The van der Waals surface area contributed by atoms with E-state index in [1.165, 1.54) is 60.1 Å². The summed E-state index contributed by atoms with van der Waals surface area (Å²) in [5, 5.41) is 11.7. The van der Waals surface area contributed by atoms with Crippen molar-refractivity contribution in [3.8, 4) is 22.4 Å². The first-order valence-electron chi connectivity index (χ1n) is 16.0. The molecule has 8 rings (SSSR count). The molecule has 2 aliphatic rings. The summed E-state index contributed by atoms with van der Waals surface area (Å²) < 4.78 is 0. The van der Waals surface area contributed by atoms with Gasteiger partial charge in [0, 0.05) is 17.8 Å². The molecule has 2 heterocycles. The van der Waals surface area contributed by atoms with Crippen molar-refractivity contribution in [2.75, 3.05) is 6.54 Å². The molecule has 0 radical (unpaired) electrons. The van der Waals surface area contributed by atoms with Crippen molar-refractivity contribution in [1.82, 2.24) is 10.3 Å². The lowest BCUT2D eigenvalue weighted by molar-refractivity contribution is 0.463. The third-order valence-corrected chi connectivity index (χ3v) is 9.68. The number of benzene rings is 5. The van der Waals surface area contributed by atoms with Gasteiger partial charge in [-0.05, 0) is 109 Å². The van der Waals surface area contributed by atoms with Gasteiger partial charge in [0.1, 0.15) is 0 Å². The summed E-state index contributed by atoms with van der Waals surface area (Å²) in [7, 11) is 0. The normalized spacial score (nSPS) is 18.8. The standard InChI is InChI=1S/C42H38N2/c1-42(2,3)33-24-31-18-20-34-36(27-10-14-29(15-11-27)38-8-4-6-22-43-38)26-37(35-21-19-32(25-33)40(31)41(34)35)28-12-16-30(17-13-28)39-9-5-7-23-44-39/h4-6,8-16,18-22,24-26,30,39,44H,7,17,23H2,1-3H3. The van der Waals surface area contributed by atoms with Crippen LogP contribution in [-0.4, -0.2) is 17.6 Å². The van der Waals surface area contributed by atoms with E-state index in [1.54, 1.807) is 0 Å². The Kier molecular flexibility index (Phi) is 6.50. The minimum Gasteiger partial charge on any atom is -0.310 e. The molecule has 0 amide bonds. The molecule has 1 aliphatic heterocycles. The maximum atomic E-state index is 4.57. The lowest BCUT2D eigenvalue weighted by atomic mass is 9.80. The van der Waals surface area contributed by atoms with E-state index in [9.17, 15) is 0 Å². The van der Waals surface area contributed by atoms with Gasteiger partial charge in [0.2, 0.25) is 0 Å². The van der Waals surface area contributed by atoms with E-state index in [1.807, 2.05) is 18.3 Å². The highest BCUT2D eigenvalue weighted by Crippen LogP contribution is 2.45. The zero-order valence-electron chi connectivity index (χ0n) is 25.8. The van der Waals surface area contributed by atoms with E-state index in [2.05, 4.69) is 134 Å². The number of rotatable bonds is 4. The third-order valence-electron chi connectivity index (χ3n) is 9.68. The minimum atomic E-state index is 0.0900. The van der Waals surface area contributed by atoms with Crippen LogP contribution in [0.3, 0.4) is 0 Å². The Bertz CT molecular complexity index is 2070. The van der Waals surface area contributed by atoms with Crippen LogP contribution in [0.1, 0.15) is 44.7 Å². The Morgan fingerprint density at radius 3 is 2.14 bits per heavy atom. The van der Waals surface area contributed by atoms with E-state index in [0.29, 0.717) is 12.0 Å². The number of hydrogen-bond donors (Lipinski definition) is 1. The number of aromatic nitrogens is 1. The molecule has 2 heteroatoms. The molecule has 5 aromatic carbocycles. The zero-order chi connectivity index (χ0) is 29.8. The van der Waals surface area contributed by atoms with Crippen molar-refractivity contribution in [1.29, 1.82) is 0 Å². The van der Waals surface area contributed by atoms with Gasteiger partial charge in [-0.15, -0.1) is 0 Å². The zero-order valence-corrected chi connectivity index (χ0v) is 25.8. The van der Waals surface area contributed by atoms with Crippen LogP contribution in [0, 0.1) is 5.92 Å². The van der Waals surface area contributed by atoms with Crippen molar-refractivity contribution in [3.05, 3.63) is 133 Å². The number of allylic oxidation sites excluding steroid dienone is 3. The summed E-state index contributed by atoms with van der Waals surface area (Å²) in [5.74, 6) is 0.490. The molecule has 1 aromatic heterocycles. The quantitative estimate of drug-likeness (QED) is 0.168. The van der Waals surface area contributed by atoms with Gasteiger partial charge in [-0.3, -0.25) is 4.98 Å². The van der Waals surface area contributed by atoms with E-state index in [-0.39, 0.29) is 5.41 Å². The maximum Gasteiger partial charge on any atom is 0.0701 e. The molecular weight excluding hydrogens is 532 g/mol. The predicted molar refractivity (Wildman–Crippen MR) is 188 cm³/mol. The van der Waals surface area contributed by atoms with E-state index in [0.717, 1.165) is 30.6 Å². The number of nitrogens with one attached hydrogen (secondary N) is 1. The van der Waals surface area contributed by atoms with Crippen LogP contribution in [0.4, 0.5) is 0 Å². The van der Waals surface area contributed by atoms with Crippen molar-refractivity contribution < 1.29 is 0 Å². The molecular formula is C42H38N2. The number of hydrogen-bond acceptors (Lipinski definition) is 2. The van der Waals surface area contributed by atoms with Crippen molar-refractivity contribution >= 4 is 37.9 Å². The highest BCUT2D eigenvalue weighted by molar-refractivity contribution is 6.27. The largest absolute Gasteiger partial charge is 0.310 e. The molecule has 1 aliphatic carbocycles. The van der Waals surface area contributed by atoms with Gasteiger partial charge in [0.15, 0.2) is 0 Å². The fourth-order valence-electron chi connectivity index (χ4n) is 7.22. The molecule has 1 N–H and O–H groups in total. The summed E-state index contributed by atoms with van der Waals surface area (Å²) in [6.07, 6.45) is 16.0. The number of nitrogens with zero attached hydrogens (tertiary/aromatic N) is 1. The van der Waals surface area contributed by atoms with Crippen molar-refractivity contribution in [2.24, 2.45) is 5.92 Å². The number of pyridine rings is 1. The molecule has 6 aromatic rings. The monoisotopic (exact) mass is 570 g/mol. The fraction of sp³-hybridized carbons (Fsp3) is 0.214. The molecule has 0 saturated carbocycles. The SMILES string of the molecule is CC(C)(C)c1cc2ccc3c(C4=CCC(C5C=CCCN5)C=C4)cc(-c4ccc(-c5ccccn5)cc4)c4ccc(c1)c2c34. The van der Waals surface area contributed by atoms with Gasteiger partial charge in [-0.2, -0.15) is 0 Å². The molecule has 216 valence electrons. The topological polar surface area (TPSA) is 24.9 Å². The second kappa shape index (κ2) is 10.6. The highest BCUT2D eigenvalue weighted by atomic mass is 14.9. The molecule has 0 bridgehead atoms. The first-order valence-corrected chi connectivity index (χ1v) is 16.0. The van der Waals surface area contributed by atoms with Crippen LogP contribution in [0.5, 0.6) is 0 Å². The van der Waals surface area contributed by atoms with Crippen LogP contribution in [0.2, 0.25) is 0 Å². The van der Waals surface area contributed by atoms with Gasteiger partial charge in [0.25, 0.3) is 0 Å². The van der Waals surface area contributed by atoms with E-state index < -0.39 is 0 Å². The molecule has 2 unspecified atom stereocenters. The molecule has 0 saturated heterocycles. The lowest BCUT2D eigenvalue weighted by Gasteiger charge is -2.27. The smallest absolute Gasteiger partial charge is 0.0701 e. The fourth-order valence-corrected chi connectivity index (χ4v) is 7.22. The third kappa shape index (κ3) is 4.66. The Balaban J connectivity index is 1.32. The van der Waals surface area contributed by atoms with E-state index >= 15 is 0 Å². The maximum absolute atomic E-state index is 4.57. The Labute approximate surface area is 260 Å². The molecule has 0 spiro atoms. The minimum absolute atomic E-state index is 0.0900. The summed E-state index contributed by atoms with van der Waals surface area (Å²) in [6, 6.07) is 32.1. The first kappa shape index (κ1) is 27.0. The molecule has 2 nitrogen and oxygen atoms in total. The van der Waals surface area contributed by atoms with Crippen LogP contribution >= 0.6 is 0 Å². The molecule has 0 fully saturated rings. The van der Waals surface area contributed by atoms with Crippen molar-refractivity contribution in [3.63, 3.8) is 0 Å². The molecule has 2 atom stereocenters. The lowest BCUT2D eigenvalue weighted by Crippen LogP contribution is -2.36. The van der Waals surface area contributed by atoms with Crippen LogP contribution in [0.25, 0.3) is 60.3 Å². The Morgan fingerprint density at radius 2 is 1.50 bits per heavy atom. The highest BCUT2D eigenvalue weighted by Gasteiger charge is 2.23. The van der Waals surface area contributed by atoms with Gasteiger partial charge < -0.3 is 5.32 Å². The first-order chi connectivity index (χ1) is 21.4. The van der Waals surface area contributed by atoms with Crippen LogP contribution in [0.15, 0.2) is 122 Å². The van der Waals surface area contributed by atoms with Crippen LogP contribution < -0.4 is 5.32 Å². The second-order valence-electron chi connectivity index (χ2n) is 13.5.